The van der Waals surface area contributed by atoms with Gasteiger partial charge in [0.25, 0.3) is 11.8 Å². The molecule has 2 aromatic carbocycles. The molecule has 1 saturated heterocycles. The van der Waals surface area contributed by atoms with Crippen molar-refractivity contribution >= 4 is 55.9 Å². The van der Waals surface area contributed by atoms with Gasteiger partial charge in [-0.1, -0.05) is 25.0 Å². The maximum atomic E-state index is 14.8. The highest BCUT2D eigenvalue weighted by molar-refractivity contribution is 7.91. The third kappa shape index (κ3) is 8.53. The number of benzene rings is 2. The van der Waals surface area contributed by atoms with Crippen LogP contribution in [0, 0.1) is 11.7 Å². The smallest absolute Gasteiger partial charge is 0.408 e. The monoisotopic (exact) mass is 886 g/mol. The first-order valence-electron chi connectivity index (χ1n) is 21.8. The van der Waals surface area contributed by atoms with Gasteiger partial charge < -0.3 is 34.2 Å². The van der Waals surface area contributed by atoms with Gasteiger partial charge in [-0.3, -0.25) is 19.1 Å². The largest absolute Gasteiger partial charge is 0.497 e. The number of methoxy groups -OCH3 is 1. The van der Waals surface area contributed by atoms with E-state index in [-0.39, 0.29) is 49.2 Å². The molecule has 3 N–H and O–H groups in total. The van der Waals surface area contributed by atoms with Gasteiger partial charge in [-0.05, 0) is 114 Å². The molecule has 4 fully saturated rings. The summed E-state index contributed by atoms with van der Waals surface area (Å²) in [6.45, 7) is 1.44. The number of nitrogens with one attached hydrogen (secondary N) is 3. The summed E-state index contributed by atoms with van der Waals surface area (Å²) >= 11 is 0. The first-order valence-corrected chi connectivity index (χ1v) is 23.3. The molecule has 334 valence electrons. The number of alkyl carbamates (subject to hydrolysis) is 1. The highest BCUT2D eigenvalue weighted by Gasteiger charge is 2.63. The van der Waals surface area contributed by atoms with Crippen molar-refractivity contribution in [3.63, 3.8) is 0 Å². The Morgan fingerprint density at radius 2 is 1.75 bits per heavy atom. The fourth-order valence-corrected chi connectivity index (χ4v) is 10.3. The Balaban J connectivity index is 1.06. The van der Waals surface area contributed by atoms with E-state index >= 15 is 0 Å². The van der Waals surface area contributed by atoms with E-state index < -0.39 is 74.0 Å². The van der Waals surface area contributed by atoms with Crippen molar-refractivity contribution in [2.45, 2.75) is 125 Å². The SMILES string of the molecule is COc1ccc2oc3c(O[C@@H]4C[C@H]5C(=O)N[C@]6(C(=O)NS(=O)(=O)C7(C)CC7)C[C@@H]6/C=C\CCCCC[C@H](NC(=O)OC6CCCC6)C(=O)N5C4)nc(-c4ccc(F)cc4)nc3c2c1. The number of carbonyl (C=O) groups excluding carboxylic acids is 4. The molecule has 4 aromatic rings. The molecule has 2 aliphatic heterocycles. The number of hydrogen-bond donors (Lipinski definition) is 3. The summed E-state index contributed by atoms with van der Waals surface area (Å²) in [6.07, 6.45) is 9.24. The summed E-state index contributed by atoms with van der Waals surface area (Å²) in [5.74, 6) is -2.24. The van der Waals surface area contributed by atoms with Crippen LogP contribution in [0.15, 0.2) is 59.0 Å². The summed E-state index contributed by atoms with van der Waals surface area (Å²) in [7, 11) is -2.51. The minimum absolute atomic E-state index is 0.00641. The highest BCUT2D eigenvalue weighted by Crippen LogP contribution is 2.48. The molecule has 9 rings (SSSR count). The Bertz CT molecular complexity index is 2590. The average molecular weight is 887 g/mol. The first kappa shape index (κ1) is 42.5. The Labute approximate surface area is 363 Å². The zero-order valence-electron chi connectivity index (χ0n) is 35.2. The zero-order valence-corrected chi connectivity index (χ0v) is 36.0. The highest BCUT2D eigenvalue weighted by atomic mass is 32.2. The van der Waals surface area contributed by atoms with E-state index in [1.54, 1.807) is 25.1 Å². The number of nitrogens with zero attached hydrogens (tertiary/aromatic N) is 3. The molecule has 18 heteroatoms. The van der Waals surface area contributed by atoms with Crippen LogP contribution in [0.2, 0.25) is 0 Å². The van der Waals surface area contributed by atoms with Gasteiger partial charge in [0, 0.05) is 17.9 Å². The molecule has 16 nitrogen and oxygen atoms in total. The molecule has 3 saturated carbocycles. The molecule has 63 heavy (non-hydrogen) atoms. The van der Waals surface area contributed by atoms with E-state index in [1.807, 2.05) is 12.2 Å². The Kier molecular flexibility index (Phi) is 11.3. The number of fused-ring (bicyclic) bond motifs is 5. The topological polar surface area (TPSA) is 208 Å². The molecule has 0 unspecified atom stereocenters. The maximum Gasteiger partial charge on any atom is 0.408 e. The first-order chi connectivity index (χ1) is 30.3. The molecular weight excluding hydrogens is 836 g/mol. The average Bonchev–Trinajstić information content (AvgIpc) is 3.93. The van der Waals surface area contributed by atoms with Gasteiger partial charge in [-0.15, -0.1) is 0 Å². The second-order valence-electron chi connectivity index (χ2n) is 17.7. The van der Waals surface area contributed by atoms with Gasteiger partial charge >= 0.3 is 6.09 Å². The van der Waals surface area contributed by atoms with Gasteiger partial charge in [0.05, 0.1) is 23.8 Å². The van der Waals surface area contributed by atoms with Gasteiger partial charge in [0.1, 0.15) is 52.5 Å². The van der Waals surface area contributed by atoms with Crippen molar-refractivity contribution in [1.82, 2.24) is 30.2 Å². The zero-order chi connectivity index (χ0) is 44.1. The van der Waals surface area contributed by atoms with Crippen LogP contribution >= 0.6 is 0 Å². The number of rotatable bonds is 9. The van der Waals surface area contributed by atoms with E-state index in [2.05, 4.69) is 15.4 Å². The van der Waals surface area contributed by atoms with Crippen molar-refractivity contribution in [2.24, 2.45) is 5.92 Å². The Hall–Kier alpha value is -5.78. The molecule has 3 aliphatic carbocycles. The summed E-state index contributed by atoms with van der Waals surface area (Å²) in [5.41, 5.74) is -0.0619. The van der Waals surface area contributed by atoms with Crippen LogP contribution in [-0.4, -0.2) is 95.3 Å². The van der Waals surface area contributed by atoms with E-state index in [1.165, 1.54) is 36.3 Å². The lowest BCUT2D eigenvalue weighted by atomic mass is 10.0. The lowest BCUT2D eigenvalue weighted by molar-refractivity contribution is -0.141. The van der Waals surface area contributed by atoms with Crippen LogP contribution in [0.1, 0.15) is 90.4 Å². The quantitative estimate of drug-likeness (QED) is 0.166. The van der Waals surface area contributed by atoms with Crippen molar-refractivity contribution < 1.29 is 50.6 Å². The third-order valence-corrected chi connectivity index (χ3v) is 15.4. The summed E-state index contributed by atoms with van der Waals surface area (Å²) in [5, 5.41) is 6.29. The van der Waals surface area contributed by atoms with Crippen LogP contribution in [-0.2, 0) is 29.1 Å². The number of amides is 4. The van der Waals surface area contributed by atoms with E-state index in [0.717, 1.165) is 38.5 Å². The molecule has 0 bridgehead atoms. The summed E-state index contributed by atoms with van der Waals surface area (Å²) < 4.78 is 65.8. The van der Waals surface area contributed by atoms with E-state index in [9.17, 15) is 32.0 Å². The van der Waals surface area contributed by atoms with Crippen molar-refractivity contribution in [2.75, 3.05) is 13.7 Å². The van der Waals surface area contributed by atoms with Crippen LogP contribution in [0.5, 0.6) is 11.6 Å². The second kappa shape index (κ2) is 16.7. The maximum absolute atomic E-state index is 14.8. The lowest BCUT2D eigenvalue weighted by Crippen LogP contribution is -2.58. The van der Waals surface area contributed by atoms with Crippen molar-refractivity contribution in [3.05, 3.63) is 60.4 Å². The number of hydrogen-bond acceptors (Lipinski definition) is 12. The van der Waals surface area contributed by atoms with Crippen molar-refractivity contribution in [1.29, 1.82) is 0 Å². The molecule has 0 radical (unpaired) electrons. The van der Waals surface area contributed by atoms with Gasteiger partial charge in [0.2, 0.25) is 27.4 Å². The minimum atomic E-state index is -4.04. The summed E-state index contributed by atoms with van der Waals surface area (Å²) in [4.78, 5) is 67.7. The normalized spacial score (nSPS) is 26.7. The fourth-order valence-electron chi connectivity index (χ4n) is 8.97. The predicted molar refractivity (Wildman–Crippen MR) is 227 cm³/mol. The van der Waals surface area contributed by atoms with Crippen LogP contribution in [0.25, 0.3) is 33.5 Å². The van der Waals surface area contributed by atoms with Crippen LogP contribution in [0.4, 0.5) is 9.18 Å². The number of ether oxygens (including phenoxy) is 3. The molecule has 5 aliphatic rings. The third-order valence-electron chi connectivity index (χ3n) is 13.2. The number of halogens is 1. The van der Waals surface area contributed by atoms with Gasteiger partial charge in [-0.2, -0.15) is 4.98 Å². The molecule has 2 aromatic heterocycles. The lowest BCUT2D eigenvalue weighted by Gasteiger charge is -2.30. The van der Waals surface area contributed by atoms with Crippen LogP contribution in [0.3, 0.4) is 0 Å². The standard InChI is InChI=1S/C45H51FN6O10S/c1-44(20-21-44)63(57,58)51-42(55)45-24-27(45)10-6-4-3-5-7-13-33(47-43(56)61-29-11-8-9-12-29)41(54)52-25-31(23-34(52)39(53)50-45)60-40-37-36(32-22-30(59-2)18-19-35(32)62-37)48-38(49-40)26-14-16-28(46)17-15-26/h6,10,14-19,22,27,29,31,33-34H,3-5,7-9,11-13,20-21,23-25H2,1-2H3,(H,47,56)(H,50,53)(H,51,55)/b10-6-/t27-,31+,33-,34-,45+/m0/s1. The number of allylic oxidation sites excluding steroid dienone is 1. The fraction of sp³-hybridized carbons (Fsp3) is 0.511. The van der Waals surface area contributed by atoms with Crippen LogP contribution < -0.4 is 24.8 Å². The molecular formula is C45H51FN6O10S. The second-order valence-corrected chi connectivity index (χ2v) is 19.9. The molecule has 4 amide bonds. The molecule has 0 spiro atoms. The van der Waals surface area contributed by atoms with Gasteiger partial charge in [0.15, 0.2) is 5.82 Å². The Morgan fingerprint density at radius 1 is 0.984 bits per heavy atom. The molecule has 4 heterocycles. The van der Waals surface area contributed by atoms with E-state index in [0.29, 0.717) is 53.5 Å². The van der Waals surface area contributed by atoms with Crippen molar-refractivity contribution in [3.8, 4) is 23.0 Å². The minimum Gasteiger partial charge on any atom is -0.497 e. The van der Waals surface area contributed by atoms with E-state index in [4.69, 9.17) is 28.6 Å². The Morgan fingerprint density at radius 3 is 2.49 bits per heavy atom. The number of furan rings is 1. The number of carbonyl (C=O) groups is 4. The molecule has 5 atom stereocenters. The van der Waals surface area contributed by atoms with Gasteiger partial charge in [-0.25, -0.2) is 22.6 Å². The predicted octanol–water partition coefficient (Wildman–Crippen LogP) is 5.97. The number of aromatic nitrogens is 2. The number of sulfonamides is 1. The summed E-state index contributed by atoms with van der Waals surface area (Å²) in [6, 6.07) is 8.58.